The number of rotatable bonds is 2. The highest BCUT2D eigenvalue weighted by Gasteiger charge is 2.09. The summed E-state index contributed by atoms with van der Waals surface area (Å²) in [5.74, 6) is -1.05. The molecule has 0 spiro atoms. The van der Waals surface area contributed by atoms with Gasteiger partial charge in [0.25, 0.3) is 0 Å². The van der Waals surface area contributed by atoms with E-state index < -0.39 is 11.6 Å². The molecule has 2 aromatic rings. The number of aryl methyl sites for hydroxylation is 1. The Labute approximate surface area is 103 Å². The summed E-state index contributed by atoms with van der Waals surface area (Å²) >= 11 is 0. The summed E-state index contributed by atoms with van der Waals surface area (Å²) in [5.41, 5.74) is 1.08. The van der Waals surface area contributed by atoms with Crippen molar-refractivity contribution in [1.82, 2.24) is 0 Å². The second-order valence-corrected chi connectivity index (χ2v) is 3.86. The maximum Gasteiger partial charge on any atom is 0.147 e. The molecule has 0 aromatic heterocycles. The van der Waals surface area contributed by atoms with Crippen LogP contribution in [-0.2, 0) is 0 Å². The van der Waals surface area contributed by atoms with Gasteiger partial charge < -0.3 is 5.32 Å². The van der Waals surface area contributed by atoms with E-state index >= 15 is 0 Å². The van der Waals surface area contributed by atoms with Gasteiger partial charge in [-0.05, 0) is 30.7 Å². The highest BCUT2D eigenvalue weighted by molar-refractivity contribution is 5.66. The van der Waals surface area contributed by atoms with Crippen LogP contribution in [0.4, 0.5) is 20.2 Å². The van der Waals surface area contributed by atoms with Gasteiger partial charge >= 0.3 is 0 Å². The molecule has 0 radical (unpaired) electrons. The average Bonchev–Trinajstić information content (AvgIpc) is 2.36. The Morgan fingerprint density at radius 1 is 1.06 bits per heavy atom. The first kappa shape index (κ1) is 12.1. The normalized spacial score (nSPS) is 9.89. The van der Waals surface area contributed by atoms with Crippen molar-refractivity contribution < 1.29 is 8.78 Å². The van der Waals surface area contributed by atoms with Crippen LogP contribution < -0.4 is 5.32 Å². The summed E-state index contributed by atoms with van der Waals surface area (Å²) in [5, 5.41) is 11.6. The molecular weight excluding hydrogens is 234 g/mol. The molecule has 0 bridgehead atoms. The number of nitrogens with one attached hydrogen (secondary N) is 1. The number of anilines is 2. The largest absolute Gasteiger partial charge is 0.352 e. The van der Waals surface area contributed by atoms with E-state index in [1.165, 1.54) is 6.92 Å². The Kier molecular flexibility index (Phi) is 3.24. The molecule has 0 fully saturated rings. The van der Waals surface area contributed by atoms with Crippen molar-refractivity contribution >= 4 is 11.4 Å². The van der Waals surface area contributed by atoms with Gasteiger partial charge in [0.05, 0.1) is 16.9 Å². The third-order valence-corrected chi connectivity index (χ3v) is 2.57. The summed E-state index contributed by atoms with van der Waals surface area (Å²) in [6.45, 7) is 1.49. The molecule has 1 N–H and O–H groups in total. The number of hydrogen-bond donors (Lipinski definition) is 1. The van der Waals surface area contributed by atoms with Crippen LogP contribution >= 0.6 is 0 Å². The van der Waals surface area contributed by atoms with Crippen LogP contribution in [0.1, 0.15) is 11.1 Å². The minimum Gasteiger partial charge on any atom is -0.352 e. The van der Waals surface area contributed by atoms with Crippen LogP contribution in [-0.4, -0.2) is 0 Å². The van der Waals surface area contributed by atoms with Crippen molar-refractivity contribution in [3.63, 3.8) is 0 Å². The van der Waals surface area contributed by atoms with Crippen molar-refractivity contribution in [3.05, 3.63) is 59.2 Å². The molecule has 2 rings (SSSR count). The van der Waals surface area contributed by atoms with E-state index in [0.717, 1.165) is 12.1 Å². The van der Waals surface area contributed by atoms with Gasteiger partial charge in [-0.15, -0.1) is 0 Å². The number of halogens is 2. The number of nitrogens with zero attached hydrogens (tertiary/aromatic N) is 1. The van der Waals surface area contributed by atoms with Gasteiger partial charge in [0.2, 0.25) is 0 Å². The van der Waals surface area contributed by atoms with Gasteiger partial charge in [0, 0.05) is 6.07 Å². The Hall–Kier alpha value is -2.41. The van der Waals surface area contributed by atoms with E-state index in [-0.39, 0.29) is 11.3 Å². The fraction of sp³-hybridized carbons (Fsp3) is 0.0714. The van der Waals surface area contributed by atoms with E-state index in [1.807, 2.05) is 6.07 Å². The second kappa shape index (κ2) is 4.84. The standard InChI is InChI=1S/C14H10F2N2/c1-9-6-12(16)14(7-11(9)15)18-13-5-3-2-4-10(13)8-17/h2-7,18H,1H3. The van der Waals surface area contributed by atoms with Crippen LogP contribution in [0, 0.1) is 29.9 Å². The minimum absolute atomic E-state index is 0.0146. The third-order valence-electron chi connectivity index (χ3n) is 2.57. The van der Waals surface area contributed by atoms with E-state index in [9.17, 15) is 8.78 Å². The zero-order chi connectivity index (χ0) is 13.1. The lowest BCUT2D eigenvalue weighted by Gasteiger charge is -2.10. The van der Waals surface area contributed by atoms with Gasteiger partial charge in [0.15, 0.2) is 0 Å². The highest BCUT2D eigenvalue weighted by atomic mass is 19.1. The van der Waals surface area contributed by atoms with Crippen molar-refractivity contribution in [2.45, 2.75) is 6.92 Å². The lowest BCUT2D eigenvalue weighted by molar-refractivity contribution is 0.595. The van der Waals surface area contributed by atoms with Gasteiger partial charge in [-0.3, -0.25) is 0 Å². The fourth-order valence-corrected chi connectivity index (χ4v) is 1.58. The van der Waals surface area contributed by atoms with Crippen LogP contribution in [0.2, 0.25) is 0 Å². The topological polar surface area (TPSA) is 35.8 Å². The molecule has 0 unspecified atom stereocenters. The highest BCUT2D eigenvalue weighted by Crippen LogP contribution is 2.24. The maximum atomic E-state index is 13.6. The SMILES string of the molecule is Cc1cc(F)c(Nc2ccccc2C#N)cc1F. The molecule has 90 valence electrons. The van der Waals surface area contributed by atoms with Crippen LogP contribution in [0.25, 0.3) is 0 Å². The van der Waals surface area contributed by atoms with Crippen molar-refractivity contribution in [3.8, 4) is 6.07 Å². The first-order chi connectivity index (χ1) is 8.61. The molecule has 0 saturated heterocycles. The van der Waals surface area contributed by atoms with Gasteiger partial charge in [-0.25, -0.2) is 8.78 Å². The molecule has 4 heteroatoms. The number of benzene rings is 2. The van der Waals surface area contributed by atoms with Crippen molar-refractivity contribution in [2.75, 3.05) is 5.32 Å². The minimum atomic E-state index is -0.554. The molecule has 0 heterocycles. The fourth-order valence-electron chi connectivity index (χ4n) is 1.58. The number of hydrogen-bond acceptors (Lipinski definition) is 2. The Morgan fingerprint density at radius 3 is 2.50 bits per heavy atom. The van der Waals surface area contributed by atoms with Crippen molar-refractivity contribution in [2.24, 2.45) is 0 Å². The van der Waals surface area contributed by atoms with Crippen LogP contribution in [0.5, 0.6) is 0 Å². The van der Waals surface area contributed by atoms with Crippen molar-refractivity contribution in [1.29, 1.82) is 5.26 Å². The van der Waals surface area contributed by atoms with Crippen LogP contribution in [0.3, 0.4) is 0 Å². The molecule has 0 amide bonds. The molecule has 18 heavy (non-hydrogen) atoms. The average molecular weight is 244 g/mol. The van der Waals surface area contributed by atoms with Crippen LogP contribution in [0.15, 0.2) is 36.4 Å². The summed E-state index contributed by atoms with van der Waals surface area (Å²) in [6, 6.07) is 10.8. The predicted molar refractivity (Wildman–Crippen MR) is 65.5 cm³/mol. The molecule has 2 nitrogen and oxygen atoms in total. The van der Waals surface area contributed by atoms with E-state index in [1.54, 1.807) is 24.3 Å². The summed E-state index contributed by atoms with van der Waals surface area (Å²) < 4.78 is 27.0. The maximum absolute atomic E-state index is 13.6. The van der Waals surface area contributed by atoms with Gasteiger partial charge in [-0.2, -0.15) is 5.26 Å². The number of para-hydroxylation sites is 1. The smallest absolute Gasteiger partial charge is 0.147 e. The number of nitriles is 1. The summed E-state index contributed by atoms with van der Waals surface area (Å²) in [7, 11) is 0. The Morgan fingerprint density at radius 2 is 1.78 bits per heavy atom. The van der Waals surface area contributed by atoms with Gasteiger partial charge in [-0.1, -0.05) is 12.1 Å². The molecule has 0 atom stereocenters. The first-order valence-corrected chi connectivity index (χ1v) is 5.33. The Balaban J connectivity index is 2.41. The summed E-state index contributed by atoms with van der Waals surface area (Å²) in [6.07, 6.45) is 0. The lowest BCUT2D eigenvalue weighted by Crippen LogP contribution is -1.98. The predicted octanol–water partition coefficient (Wildman–Crippen LogP) is 3.89. The molecule has 0 aliphatic rings. The second-order valence-electron chi connectivity index (χ2n) is 3.86. The molecule has 0 aliphatic carbocycles. The van der Waals surface area contributed by atoms with E-state index in [0.29, 0.717) is 11.3 Å². The molecule has 0 saturated carbocycles. The third kappa shape index (κ3) is 2.30. The Bertz CT molecular complexity index is 630. The zero-order valence-corrected chi connectivity index (χ0v) is 9.67. The first-order valence-electron chi connectivity index (χ1n) is 5.33. The molecular formula is C14H10F2N2. The van der Waals surface area contributed by atoms with Gasteiger partial charge in [0.1, 0.15) is 17.7 Å². The lowest BCUT2D eigenvalue weighted by atomic mass is 10.1. The van der Waals surface area contributed by atoms with E-state index in [4.69, 9.17) is 5.26 Å². The summed E-state index contributed by atoms with van der Waals surface area (Å²) in [4.78, 5) is 0. The molecule has 2 aromatic carbocycles. The quantitative estimate of drug-likeness (QED) is 0.869. The zero-order valence-electron chi connectivity index (χ0n) is 9.67. The van der Waals surface area contributed by atoms with E-state index in [2.05, 4.69) is 5.32 Å². The molecule has 0 aliphatic heterocycles. The monoisotopic (exact) mass is 244 g/mol.